The first-order chi connectivity index (χ1) is 9.74. The maximum atomic E-state index is 6.02. The monoisotopic (exact) mass is 409 g/mol. The second kappa shape index (κ2) is 7.46. The molecule has 0 radical (unpaired) electrons. The molecule has 3 fully saturated rings. The van der Waals surface area contributed by atoms with Gasteiger partial charge in [0, 0.05) is 19.8 Å². The molecule has 5 nitrogen and oxygen atoms in total. The van der Waals surface area contributed by atoms with Gasteiger partial charge >= 0.3 is 0 Å². The van der Waals surface area contributed by atoms with Crippen molar-refractivity contribution in [2.45, 2.75) is 63.2 Å². The Bertz CT molecular complexity index is 368. The largest absolute Gasteiger partial charge is 0.375 e. The molecule has 1 aliphatic heterocycles. The van der Waals surface area contributed by atoms with Crippen molar-refractivity contribution >= 4 is 29.9 Å². The molecule has 2 aliphatic carbocycles. The molecule has 0 aromatic rings. The number of nitrogens with two attached hydrogens (primary N) is 1. The molecule has 0 aromatic carbocycles. The third-order valence-corrected chi connectivity index (χ3v) is 5.10. The first-order valence-electron chi connectivity index (χ1n) is 8.06. The lowest BCUT2D eigenvalue weighted by atomic mass is 9.70. The quantitative estimate of drug-likeness (QED) is 0.414. The number of halogens is 1. The highest BCUT2D eigenvalue weighted by molar-refractivity contribution is 14.0. The third-order valence-electron chi connectivity index (χ3n) is 5.10. The zero-order valence-electron chi connectivity index (χ0n) is 12.8. The molecule has 3 N–H and O–H groups in total. The van der Waals surface area contributed by atoms with Crippen LogP contribution in [0.1, 0.15) is 45.4 Å². The summed E-state index contributed by atoms with van der Waals surface area (Å²) in [5, 5.41) is 3.36. The molecular weight excluding hydrogens is 381 g/mol. The predicted octanol–water partition coefficient (Wildman–Crippen LogP) is 2.04. The van der Waals surface area contributed by atoms with Crippen LogP contribution in [0.25, 0.3) is 0 Å². The highest BCUT2D eigenvalue weighted by atomic mass is 127. The van der Waals surface area contributed by atoms with Gasteiger partial charge in [0.1, 0.15) is 5.60 Å². The molecule has 0 aromatic heterocycles. The van der Waals surface area contributed by atoms with Gasteiger partial charge in [-0.25, -0.2) is 0 Å². The summed E-state index contributed by atoms with van der Waals surface area (Å²) in [7, 11) is 0. The number of guanidine groups is 1. The summed E-state index contributed by atoms with van der Waals surface area (Å²) >= 11 is 0. The molecule has 1 saturated heterocycles. The fourth-order valence-corrected chi connectivity index (χ4v) is 3.61. The molecule has 1 heterocycles. The van der Waals surface area contributed by atoms with E-state index in [9.17, 15) is 0 Å². The minimum atomic E-state index is -0.160. The van der Waals surface area contributed by atoms with Crippen LogP contribution in [-0.4, -0.2) is 43.5 Å². The van der Waals surface area contributed by atoms with Gasteiger partial charge in [-0.05, 0) is 44.9 Å². The van der Waals surface area contributed by atoms with E-state index in [1.54, 1.807) is 0 Å². The van der Waals surface area contributed by atoms with Crippen molar-refractivity contribution in [3.05, 3.63) is 0 Å². The van der Waals surface area contributed by atoms with Crippen molar-refractivity contribution in [1.29, 1.82) is 0 Å². The molecule has 0 amide bonds. The van der Waals surface area contributed by atoms with E-state index in [4.69, 9.17) is 15.2 Å². The number of nitrogens with one attached hydrogen (secondary N) is 1. The Morgan fingerprint density at radius 2 is 2.24 bits per heavy atom. The SMILES string of the molecule is CCOC1CC(NC(N)=NCC2CCC2)C12CCCO2.I. The number of hydrogen-bond donors (Lipinski definition) is 2. The number of aliphatic imine (C=N–C) groups is 1. The molecule has 0 bridgehead atoms. The average molecular weight is 409 g/mol. The van der Waals surface area contributed by atoms with Gasteiger partial charge < -0.3 is 20.5 Å². The minimum absolute atomic E-state index is 0. The number of ether oxygens (including phenoxy) is 2. The van der Waals surface area contributed by atoms with Crippen LogP contribution >= 0.6 is 24.0 Å². The van der Waals surface area contributed by atoms with Gasteiger partial charge in [0.25, 0.3) is 0 Å². The molecule has 3 atom stereocenters. The molecule has 3 unspecified atom stereocenters. The zero-order valence-corrected chi connectivity index (χ0v) is 15.2. The van der Waals surface area contributed by atoms with Crippen LogP contribution in [0.4, 0.5) is 0 Å². The lowest BCUT2D eigenvalue weighted by molar-refractivity contribution is -0.194. The Hall–Kier alpha value is -0.0800. The Kier molecular flexibility index (Phi) is 6.14. The van der Waals surface area contributed by atoms with Gasteiger partial charge in [0.05, 0.1) is 12.1 Å². The molecule has 6 heteroatoms. The van der Waals surface area contributed by atoms with Crippen molar-refractivity contribution in [2.24, 2.45) is 16.6 Å². The first-order valence-corrected chi connectivity index (χ1v) is 8.06. The van der Waals surface area contributed by atoms with E-state index in [2.05, 4.69) is 10.3 Å². The van der Waals surface area contributed by atoms with Crippen LogP contribution in [-0.2, 0) is 9.47 Å². The van der Waals surface area contributed by atoms with Gasteiger partial charge in [0.15, 0.2) is 5.96 Å². The molecule has 2 saturated carbocycles. The fraction of sp³-hybridized carbons (Fsp3) is 0.933. The first kappa shape index (κ1) is 17.3. The highest BCUT2D eigenvalue weighted by Crippen LogP contribution is 2.45. The summed E-state index contributed by atoms with van der Waals surface area (Å²) in [6.45, 7) is 4.49. The van der Waals surface area contributed by atoms with Crippen molar-refractivity contribution < 1.29 is 9.47 Å². The summed E-state index contributed by atoms with van der Waals surface area (Å²) in [4.78, 5) is 4.48. The van der Waals surface area contributed by atoms with Gasteiger partial charge in [-0.3, -0.25) is 4.99 Å². The van der Waals surface area contributed by atoms with Crippen LogP contribution < -0.4 is 11.1 Å². The number of hydrogen-bond acceptors (Lipinski definition) is 3. The van der Waals surface area contributed by atoms with Crippen LogP contribution in [0.5, 0.6) is 0 Å². The van der Waals surface area contributed by atoms with Crippen LogP contribution in [0.15, 0.2) is 4.99 Å². The van der Waals surface area contributed by atoms with E-state index in [1.807, 2.05) is 6.92 Å². The van der Waals surface area contributed by atoms with Crippen molar-refractivity contribution in [2.75, 3.05) is 19.8 Å². The summed E-state index contributed by atoms with van der Waals surface area (Å²) < 4.78 is 11.8. The second-order valence-corrected chi connectivity index (χ2v) is 6.31. The van der Waals surface area contributed by atoms with Crippen LogP contribution in [0.3, 0.4) is 0 Å². The zero-order chi connectivity index (χ0) is 14.0. The van der Waals surface area contributed by atoms with Crippen LogP contribution in [0.2, 0.25) is 0 Å². The summed E-state index contributed by atoms with van der Waals surface area (Å²) in [5.41, 5.74) is 5.86. The maximum Gasteiger partial charge on any atom is 0.188 e. The Morgan fingerprint density at radius 3 is 2.81 bits per heavy atom. The average Bonchev–Trinajstić information content (AvgIpc) is 2.88. The lowest BCUT2D eigenvalue weighted by Crippen LogP contribution is -2.70. The maximum absolute atomic E-state index is 6.02. The normalized spacial score (nSPS) is 36.0. The molecular formula is C15H28IN3O2. The van der Waals surface area contributed by atoms with E-state index in [1.165, 1.54) is 19.3 Å². The van der Waals surface area contributed by atoms with Gasteiger partial charge in [-0.15, -0.1) is 24.0 Å². The van der Waals surface area contributed by atoms with E-state index in [0.717, 1.165) is 44.9 Å². The number of rotatable bonds is 5. The van der Waals surface area contributed by atoms with E-state index >= 15 is 0 Å². The molecule has 122 valence electrons. The molecule has 3 rings (SSSR count). The smallest absolute Gasteiger partial charge is 0.188 e. The standard InChI is InChI=1S/C15H27N3O2.HI/c1-2-19-13-9-12(15(13)7-4-8-20-15)18-14(16)17-10-11-5-3-6-11;/h11-13H,2-10H2,1H3,(H3,16,17,18);1H. The summed E-state index contributed by atoms with van der Waals surface area (Å²) in [6, 6.07) is 0.256. The van der Waals surface area contributed by atoms with Crippen molar-refractivity contribution in [1.82, 2.24) is 5.32 Å². The molecule has 3 aliphatic rings. The van der Waals surface area contributed by atoms with Crippen molar-refractivity contribution in [3.8, 4) is 0 Å². The third kappa shape index (κ3) is 3.47. The lowest BCUT2D eigenvalue weighted by Gasteiger charge is -2.52. The fourth-order valence-electron chi connectivity index (χ4n) is 3.61. The topological polar surface area (TPSA) is 68.9 Å². The van der Waals surface area contributed by atoms with Crippen molar-refractivity contribution in [3.63, 3.8) is 0 Å². The summed E-state index contributed by atoms with van der Waals surface area (Å²) in [6.07, 6.45) is 7.31. The van der Waals surface area contributed by atoms with Gasteiger partial charge in [0.2, 0.25) is 0 Å². The van der Waals surface area contributed by atoms with E-state index in [0.29, 0.717) is 5.96 Å². The molecule has 1 spiro atoms. The van der Waals surface area contributed by atoms with Gasteiger partial charge in [-0.2, -0.15) is 0 Å². The van der Waals surface area contributed by atoms with Crippen LogP contribution in [0, 0.1) is 5.92 Å². The predicted molar refractivity (Wildman–Crippen MR) is 94.1 cm³/mol. The minimum Gasteiger partial charge on any atom is -0.375 e. The second-order valence-electron chi connectivity index (χ2n) is 6.31. The molecule has 21 heavy (non-hydrogen) atoms. The van der Waals surface area contributed by atoms with E-state index < -0.39 is 0 Å². The highest BCUT2D eigenvalue weighted by Gasteiger charge is 2.58. The summed E-state index contributed by atoms with van der Waals surface area (Å²) in [5.74, 6) is 1.33. The Labute approximate surface area is 144 Å². The van der Waals surface area contributed by atoms with E-state index in [-0.39, 0.29) is 41.7 Å². The number of nitrogens with zero attached hydrogens (tertiary/aromatic N) is 1. The van der Waals surface area contributed by atoms with Gasteiger partial charge in [-0.1, -0.05) is 6.42 Å². The Balaban J connectivity index is 0.00000161. The Morgan fingerprint density at radius 1 is 1.43 bits per heavy atom.